The predicted molar refractivity (Wildman–Crippen MR) is 92.9 cm³/mol. The number of piperazine rings is 1. The van der Waals surface area contributed by atoms with E-state index in [9.17, 15) is 14.4 Å². The number of ether oxygens (including phenoxy) is 3. The zero-order chi connectivity index (χ0) is 18.9. The van der Waals surface area contributed by atoms with Crippen LogP contribution in [0.25, 0.3) is 0 Å². The van der Waals surface area contributed by atoms with E-state index in [-0.39, 0.29) is 24.8 Å². The number of nitrogens with one attached hydrogen (secondary N) is 1. The molecule has 1 fully saturated rings. The number of methoxy groups -OCH3 is 1. The quantitative estimate of drug-likeness (QED) is 0.684. The van der Waals surface area contributed by atoms with Crippen molar-refractivity contribution in [2.45, 2.75) is 25.8 Å². The van der Waals surface area contributed by atoms with Crippen LogP contribution >= 0.6 is 0 Å². The summed E-state index contributed by atoms with van der Waals surface area (Å²) in [5, 5.41) is 2.65. The SMILES string of the molecule is CCCOc1ccccc1OCC(=O)N1CCNC(=O)[C@@H]1CC(=O)OC. The molecule has 0 spiro atoms. The summed E-state index contributed by atoms with van der Waals surface area (Å²) in [7, 11) is 1.24. The zero-order valence-electron chi connectivity index (χ0n) is 15.0. The number of carbonyl (C=O) groups is 3. The average Bonchev–Trinajstić information content (AvgIpc) is 2.66. The van der Waals surface area contributed by atoms with Crippen LogP contribution in [0.1, 0.15) is 19.8 Å². The van der Waals surface area contributed by atoms with E-state index in [1.165, 1.54) is 12.0 Å². The third kappa shape index (κ3) is 5.11. The van der Waals surface area contributed by atoms with Crippen LogP contribution in [0.2, 0.25) is 0 Å². The molecule has 1 aromatic rings. The lowest BCUT2D eigenvalue weighted by Crippen LogP contribution is -2.58. The van der Waals surface area contributed by atoms with Gasteiger partial charge in [0.1, 0.15) is 6.04 Å². The molecule has 0 radical (unpaired) electrons. The molecule has 2 amide bonds. The lowest BCUT2D eigenvalue weighted by Gasteiger charge is -2.34. The largest absolute Gasteiger partial charge is 0.490 e. The highest BCUT2D eigenvalue weighted by molar-refractivity contribution is 5.92. The van der Waals surface area contributed by atoms with Crippen LogP contribution in [0.5, 0.6) is 11.5 Å². The highest BCUT2D eigenvalue weighted by Crippen LogP contribution is 2.26. The summed E-state index contributed by atoms with van der Waals surface area (Å²) in [6, 6.07) is 6.20. The van der Waals surface area contributed by atoms with Gasteiger partial charge in [-0.15, -0.1) is 0 Å². The maximum atomic E-state index is 12.6. The van der Waals surface area contributed by atoms with Crippen LogP contribution in [-0.2, 0) is 19.1 Å². The van der Waals surface area contributed by atoms with Crippen molar-refractivity contribution in [3.8, 4) is 11.5 Å². The Labute approximate surface area is 152 Å². The van der Waals surface area contributed by atoms with Gasteiger partial charge >= 0.3 is 5.97 Å². The number of benzene rings is 1. The molecule has 1 aromatic carbocycles. The Balaban J connectivity index is 2.01. The first-order chi connectivity index (χ1) is 12.6. The van der Waals surface area contributed by atoms with Gasteiger partial charge in [-0.05, 0) is 18.6 Å². The second kappa shape index (κ2) is 9.65. The summed E-state index contributed by atoms with van der Waals surface area (Å²) in [6.45, 7) is 2.93. The molecule has 1 N–H and O–H groups in total. The van der Waals surface area contributed by atoms with Gasteiger partial charge in [0.15, 0.2) is 18.1 Å². The fourth-order valence-electron chi connectivity index (χ4n) is 2.58. The summed E-state index contributed by atoms with van der Waals surface area (Å²) >= 11 is 0. The minimum atomic E-state index is -0.890. The first kappa shape index (κ1) is 19.6. The number of nitrogens with zero attached hydrogens (tertiary/aromatic N) is 1. The van der Waals surface area contributed by atoms with E-state index >= 15 is 0 Å². The number of amides is 2. The molecule has 142 valence electrons. The minimum absolute atomic E-state index is 0.190. The Morgan fingerprint density at radius 1 is 1.23 bits per heavy atom. The summed E-state index contributed by atoms with van der Waals surface area (Å²) < 4.78 is 15.8. The highest BCUT2D eigenvalue weighted by atomic mass is 16.5. The summed E-state index contributed by atoms with van der Waals surface area (Å²) in [5.41, 5.74) is 0. The van der Waals surface area contributed by atoms with E-state index in [1.54, 1.807) is 18.2 Å². The average molecular weight is 364 g/mol. The van der Waals surface area contributed by atoms with Crippen LogP contribution in [0.4, 0.5) is 0 Å². The Kier molecular flexibility index (Phi) is 7.25. The number of esters is 1. The van der Waals surface area contributed by atoms with Crippen molar-refractivity contribution in [2.24, 2.45) is 0 Å². The molecule has 26 heavy (non-hydrogen) atoms. The van der Waals surface area contributed by atoms with Crippen molar-refractivity contribution in [3.05, 3.63) is 24.3 Å². The lowest BCUT2D eigenvalue weighted by atomic mass is 10.1. The van der Waals surface area contributed by atoms with Gasteiger partial charge in [0.05, 0.1) is 20.1 Å². The minimum Gasteiger partial charge on any atom is -0.490 e. The Bertz CT molecular complexity index is 648. The number of hydrogen-bond acceptors (Lipinski definition) is 6. The Morgan fingerprint density at radius 3 is 2.58 bits per heavy atom. The third-order valence-corrected chi connectivity index (χ3v) is 3.90. The maximum Gasteiger partial charge on any atom is 0.308 e. The fraction of sp³-hybridized carbons (Fsp3) is 0.500. The van der Waals surface area contributed by atoms with Gasteiger partial charge in [-0.1, -0.05) is 19.1 Å². The first-order valence-corrected chi connectivity index (χ1v) is 8.55. The Morgan fingerprint density at radius 2 is 1.92 bits per heavy atom. The van der Waals surface area contributed by atoms with Crippen molar-refractivity contribution in [1.82, 2.24) is 10.2 Å². The molecule has 0 aliphatic carbocycles. The molecule has 0 unspecified atom stereocenters. The first-order valence-electron chi connectivity index (χ1n) is 8.55. The molecule has 0 aromatic heterocycles. The molecule has 8 heteroatoms. The second-order valence-corrected chi connectivity index (χ2v) is 5.76. The van der Waals surface area contributed by atoms with Gasteiger partial charge < -0.3 is 24.4 Å². The number of carbonyl (C=O) groups excluding carboxylic acids is 3. The van der Waals surface area contributed by atoms with Gasteiger partial charge in [-0.3, -0.25) is 14.4 Å². The van der Waals surface area contributed by atoms with Gasteiger partial charge in [-0.2, -0.15) is 0 Å². The molecule has 1 aliphatic heterocycles. The molecule has 8 nitrogen and oxygen atoms in total. The van der Waals surface area contributed by atoms with Crippen LogP contribution in [-0.4, -0.2) is 62.1 Å². The molecule has 0 saturated carbocycles. The molecular weight excluding hydrogens is 340 g/mol. The summed E-state index contributed by atoms with van der Waals surface area (Å²) in [4.78, 5) is 37.5. The Hall–Kier alpha value is -2.77. The van der Waals surface area contributed by atoms with Gasteiger partial charge in [0, 0.05) is 13.1 Å². The van der Waals surface area contributed by atoms with Crippen LogP contribution in [0.3, 0.4) is 0 Å². The molecule has 1 atom stereocenters. The normalized spacial score (nSPS) is 16.6. The maximum absolute atomic E-state index is 12.6. The molecule has 1 heterocycles. The van der Waals surface area contributed by atoms with Crippen LogP contribution < -0.4 is 14.8 Å². The van der Waals surface area contributed by atoms with Crippen molar-refractivity contribution < 1.29 is 28.6 Å². The monoisotopic (exact) mass is 364 g/mol. The number of para-hydroxylation sites is 2. The van der Waals surface area contributed by atoms with E-state index in [4.69, 9.17) is 9.47 Å². The third-order valence-electron chi connectivity index (χ3n) is 3.90. The zero-order valence-corrected chi connectivity index (χ0v) is 15.0. The molecular formula is C18H24N2O6. The summed E-state index contributed by atoms with van der Waals surface area (Å²) in [6.07, 6.45) is 0.662. The summed E-state index contributed by atoms with van der Waals surface area (Å²) in [5.74, 6) is -0.283. The van der Waals surface area contributed by atoms with Crippen molar-refractivity contribution >= 4 is 17.8 Å². The topological polar surface area (TPSA) is 94.2 Å². The standard InChI is InChI=1S/C18H24N2O6/c1-3-10-25-14-6-4-5-7-15(14)26-12-16(21)20-9-8-19-18(23)13(20)11-17(22)24-2/h4-7,13H,3,8-12H2,1-2H3,(H,19,23)/t13-/m0/s1. The van der Waals surface area contributed by atoms with E-state index in [0.717, 1.165) is 6.42 Å². The van der Waals surface area contributed by atoms with E-state index in [0.29, 0.717) is 31.2 Å². The molecule has 1 saturated heterocycles. The van der Waals surface area contributed by atoms with Crippen LogP contribution in [0.15, 0.2) is 24.3 Å². The van der Waals surface area contributed by atoms with Crippen molar-refractivity contribution in [3.63, 3.8) is 0 Å². The number of rotatable bonds is 8. The number of hydrogen-bond donors (Lipinski definition) is 1. The smallest absolute Gasteiger partial charge is 0.308 e. The van der Waals surface area contributed by atoms with Crippen molar-refractivity contribution in [1.29, 1.82) is 0 Å². The van der Waals surface area contributed by atoms with Gasteiger partial charge in [-0.25, -0.2) is 0 Å². The lowest BCUT2D eigenvalue weighted by molar-refractivity contribution is -0.151. The predicted octanol–water partition coefficient (Wildman–Crippen LogP) is 0.744. The van der Waals surface area contributed by atoms with Crippen molar-refractivity contribution in [2.75, 3.05) is 33.4 Å². The fourth-order valence-corrected chi connectivity index (χ4v) is 2.58. The van der Waals surface area contributed by atoms with E-state index in [1.807, 2.05) is 13.0 Å². The van der Waals surface area contributed by atoms with Crippen LogP contribution in [0, 0.1) is 0 Å². The van der Waals surface area contributed by atoms with Gasteiger partial charge in [0.25, 0.3) is 5.91 Å². The molecule has 0 bridgehead atoms. The molecule has 1 aliphatic rings. The van der Waals surface area contributed by atoms with Gasteiger partial charge in [0.2, 0.25) is 5.91 Å². The highest BCUT2D eigenvalue weighted by Gasteiger charge is 2.35. The van der Waals surface area contributed by atoms with E-state index < -0.39 is 12.0 Å². The molecule has 2 rings (SSSR count). The van der Waals surface area contributed by atoms with E-state index in [2.05, 4.69) is 10.1 Å². The second-order valence-electron chi connectivity index (χ2n) is 5.76.